The Balaban J connectivity index is 1.43. The van der Waals surface area contributed by atoms with Gasteiger partial charge in [0.15, 0.2) is 0 Å². The maximum Gasteiger partial charge on any atom is 0.249 e. The Morgan fingerprint density at radius 1 is 1.11 bits per heavy atom. The third-order valence-electron chi connectivity index (χ3n) is 4.98. The maximum atomic E-state index is 11.6. The number of fused-ring (bicyclic) bond motifs is 1. The predicted molar refractivity (Wildman–Crippen MR) is 107 cm³/mol. The standard InChI is InChI=1S/C21H24N4O2/c22-21(26)17-2-1-3-19-18(17)14-20(24-19)15-4-6-16(7-5-15)27-13-12-25-10-8-23-9-11-25/h1-7,14,23-24H,8-13H2,(H2,22,26). The van der Waals surface area contributed by atoms with E-state index in [1.165, 1.54) is 0 Å². The molecule has 27 heavy (non-hydrogen) atoms. The molecule has 140 valence electrons. The second-order valence-corrected chi connectivity index (χ2v) is 6.78. The van der Waals surface area contributed by atoms with Crippen LogP contribution in [0.3, 0.4) is 0 Å². The molecule has 1 aliphatic heterocycles. The molecule has 3 aromatic rings. The molecule has 0 saturated carbocycles. The highest BCUT2D eigenvalue weighted by atomic mass is 16.5. The first-order valence-corrected chi connectivity index (χ1v) is 9.28. The molecule has 0 atom stereocenters. The maximum absolute atomic E-state index is 11.6. The molecule has 1 fully saturated rings. The Kier molecular flexibility index (Phi) is 5.09. The molecular formula is C21H24N4O2. The van der Waals surface area contributed by atoms with Gasteiger partial charge in [0.2, 0.25) is 5.91 Å². The number of aromatic amines is 1. The zero-order valence-corrected chi connectivity index (χ0v) is 15.2. The Hall–Kier alpha value is -2.83. The number of rotatable bonds is 6. The summed E-state index contributed by atoms with van der Waals surface area (Å²) in [5.41, 5.74) is 8.89. The summed E-state index contributed by atoms with van der Waals surface area (Å²) in [4.78, 5) is 17.4. The van der Waals surface area contributed by atoms with Crippen LogP contribution in [0.1, 0.15) is 10.4 Å². The van der Waals surface area contributed by atoms with Crippen molar-refractivity contribution in [3.05, 3.63) is 54.1 Å². The molecule has 1 aliphatic rings. The second-order valence-electron chi connectivity index (χ2n) is 6.78. The highest BCUT2D eigenvalue weighted by Crippen LogP contribution is 2.27. The van der Waals surface area contributed by atoms with Gasteiger partial charge in [0.25, 0.3) is 0 Å². The lowest BCUT2D eigenvalue weighted by atomic mass is 10.1. The Bertz CT molecular complexity index is 927. The topological polar surface area (TPSA) is 83.4 Å². The minimum absolute atomic E-state index is 0.417. The van der Waals surface area contributed by atoms with Crippen LogP contribution in [0, 0.1) is 0 Å². The van der Waals surface area contributed by atoms with Crippen LogP contribution in [-0.4, -0.2) is 55.1 Å². The molecule has 4 rings (SSSR count). The minimum atomic E-state index is -0.417. The highest BCUT2D eigenvalue weighted by Gasteiger charge is 2.11. The van der Waals surface area contributed by atoms with Crippen LogP contribution in [0.5, 0.6) is 5.75 Å². The lowest BCUT2D eigenvalue weighted by molar-refractivity contribution is 0.100. The molecule has 2 aromatic carbocycles. The van der Waals surface area contributed by atoms with Gasteiger partial charge in [-0.1, -0.05) is 6.07 Å². The van der Waals surface area contributed by atoms with Gasteiger partial charge in [0, 0.05) is 54.9 Å². The summed E-state index contributed by atoms with van der Waals surface area (Å²) < 4.78 is 5.88. The number of ether oxygens (including phenoxy) is 1. The van der Waals surface area contributed by atoms with Crippen molar-refractivity contribution in [2.24, 2.45) is 5.73 Å². The zero-order valence-electron chi connectivity index (χ0n) is 15.2. The third kappa shape index (κ3) is 3.97. The van der Waals surface area contributed by atoms with Crippen LogP contribution in [0.4, 0.5) is 0 Å². The Morgan fingerprint density at radius 3 is 2.63 bits per heavy atom. The molecule has 0 aliphatic carbocycles. The fraction of sp³-hybridized carbons (Fsp3) is 0.286. The van der Waals surface area contributed by atoms with Gasteiger partial charge in [-0.05, 0) is 48.0 Å². The monoisotopic (exact) mass is 364 g/mol. The fourth-order valence-corrected chi connectivity index (χ4v) is 3.48. The van der Waals surface area contributed by atoms with Crippen molar-refractivity contribution in [2.45, 2.75) is 0 Å². The number of H-pyrrole nitrogens is 1. The summed E-state index contributed by atoms with van der Waals surface area (Å²) in [6, 6.07) is 15.5. The molecule has 4 N–H and O–H groups in total. The first-order chi connectivity index (χ1) is 13.2. The number of benzene rings is 2. The molecule has 6 nitrogen and oxygen atoms in total. The van der Waals surface area contributed by atoms with E-state index in [4.69, 9.17) is 10.5 Å². The van der Waals surface area contributed by atoms with E-state index in [9.17, 15) is 4.79 Å². The summed E-state index contributed by atoms with van der Waals surface area (Å²) in [7, 11) is 0. The second kappa shape index (κ2) is 7.82. The molecule has 0 radical (unpaired) electrons. The van der Waals surface area contributed by atoms with Gasteiger partial charge < -0.3 is 20.8 Å². The van der Waals surface area contributed by atoms with E-state index in [1.54, 1.807) is 6.07 Å². The van der Waals surface area contributed by atoms with E-state index in [2.05, 4.69) is 15.2 Å². The predicted octanol–water partition coefficient (Wildman–Crippen LogP) is 2.22. The Labute approximate surface area is 158 Å². The summed E-state index contributed by atoms with van der Waals surface area (Å²) in [5.74, 6) is 0.446. The molecule has 2 heterocycles. The number of nitrogens with zero attached hydrogens (tertiary/aromatic N) is 1. The van der Waals surface area contributed by atoms with Crippen molar-refractivity contribution < 1.29 is 9.53 Å². The average Bonchev–Trinajstić information content (AvgIpc) is 3.13. The van der Waals surface area contributed by atoms with Crippen molar-refractivity contribution in [3.8, 4) is 17.0 Å². The first-order valence-electron chi connectivity index (χ1n) is 9.28. The van der Waals surface area contributed by atoms with Gasteiger partial charge in [-0.15, -0.1) is 0 Å². The average molecular weight is 364 g/mol. The van der Waals surface area contributed by atoms with E-state index in [0.29, 0.717) is 12.2 Å². The van der Waals surface area contributed by atoms with Crippen molar-refractivity contribution in [1.82, 2.24) is 15.2 Å². The van der Waals surface area contributed by atoms with Gasteiger partial charge >= 0.3 is 0 Å². The van der Waals surface area contributed by atoms with Gasteiger partial charge in [-0.2, -0.15) is 0 Å². The number of aromatic nitrogens is 1. The number of hydrogen-bond donors (Lipinski definition) is 3. The molecule has 1 aromatic heterocycles. The number of carbonyl (C=O) groups is 1. The molecule has 1 amide bonds. The van der Waals surface area contributed by atoms with Crippen LogP contribution >= 0.6 is 0 Å². The summed E-state index contributed by atoms with van der Waals surface area (Å²) in [5, 5.41) is 4.20. The molecule has 0 unspecified atom stereocenters. The minimum Gasteiger partial charge on any atom is -0.492 e. The number of nitrogens with two attached hydrogens (primary N) is 1. The zero-order chi connectivity index (χ0) is 18.6. The number of primary amides is 1. The van der Waals surface area contributed by atoms with E-state index >= 15 is 0 Å². The van der Waals surface area contributed by atoms with Crippen LogP contribution in [0.25, 0.3) is 22.2 Å². The molecule has 6 heteroatoms. The third-order valence-corrected chi connectivity index (χ3v) is 4.98. The van der Waals surface area contributed by atoms with Crippen molar-refractivity contribution in [3.63, 3.8) is 0 Å². The molecule has 0 spiro atoms. The summed E-state index contributed by atoms with van der Waals surface area (Å²) in [6.07, 6.45) is 0. The summed E-state index contributed by atoms with van der Waals surface area (Å²) in [6.45, 7) is 5.90. The van der Waals surface area contributed by atoms with Crippen LogP contribution in [-0.2, 0) is 0 Å². The lowest BCUT2D eigenvalue weighted by Crippen LogP contribution is -2.44. The normalized spacial score (nSPS) is 15.1. The highest BCUT2D eigenvalue weighted by molar-refractivity contribution is 6.06. The fourth-order valence-electron chi connectivity index (χ4n) is 3.48. The quantitative estimate of drug-likeness (QED) is 0.626. The van der Waals surface area contributed by atoms with E-state index in [0.717, 1.165) is 60.6 Å². The molecular weight excluding hydrogens is 340 g/mol. The smallest absolute Gasteiger partial charge is 0.249 e. The number of hydrogen-bond acceptors (Lipinski definition) is 4. The van der Waals surface area contributed by atoms with Crippen LogP contribution in [0.2, 0.25) is 0 Å². The number of amides is 1. The van der Waals surface area contributed by atoms with Gasteiger partial charge in [0.1, 0.15) is 12.4 Å². The van der Waals surface area contributed by atoms with Crippen LogP contribution < -0.4 is 15.8 Å². The van der Waals surface area contributed by atoms with Crippen molar-refractivity contribution in [1.29, 1.82) is 0 Å². The summed E-state index contributed by atoms with van der Waals surface area (Å²) >= 11 is 0. The number of nitrogens with one attached hydrogen (secondary N) is 2. The van der Waals surface area contributed by atoms with Crippen molar-refractivity contribution in [2.75, 3.05) is 39.3 Å². The van der Waals surface area contributed by atoms with Gasteiger partial charge in [-0.25, -0.2) is 0 Å². The SMILES string of the molecule is NC(=O)c1cccc2[nH]c(-c3ccc(OCCN4CCNCC4)cc3)cc12. The van der Waals surface area contributed by atoms with Crippen LogP contribution in [0.15, 0.2) is 48.5 Å². The van der Waals surface area contributed by atoms with E-state index < -0.39 is 5.91 Å². The number of piperazine rings is 1. The first kappa shape index (κ1) is 17.6. The van der Waals surface area contributed by atoms with E-state index in [-0.39, 0.29) is 0 Å². The van der Waals surface area contributed by atoms with Crippen molar-refractivity contribution >= 4 is 16.8 Å². The molecule has 0 bridgehead atoms. The lowest BCUT2D eigenvalue weighted by Gasteiger charge is -2.26. The van der Waals surface area contributed by atoms with Gasteiger partial charge in [0.05, 0.1) is 0 Å². The van der Waals surface area contributed by atoms with E-state index in [1.807, 2.05) is 42.5 Å². The number of carbonyl (C=O) groups excluding carboxylic acids is 1. The Morgan fingerprint density at radius 2 is 1.89 bits per heavy atom. The van der Waals surface area contributed by atoms with Gasteiger partial charge in [-0.3, -0.25) is 9.69 Å². The largest absolute Gasteiger partial charge is 0.492 e. The molecule has 1 saturated heterocycles.